The van der Waals surface area contributed by atoms with Crippen LogP contribution in [-0.2, 0) is 15.6 Å². The van der Waals surface area contributed by atoms with Gasteiger partial charge in [0.25, 0.3) is 0 Å². The molecule has 0 fully saturated rings. The van der Waals surface area contributed by atoms with Crippen LogP contribution in [0.5, 0.6) is 0 Å². The summed E-state index contributed by atoms with van der Waals surface area (Å²) < 4.78 is 23.8. The Hall–Kier alpha value is -0.870. The molecule has 0 saturated heterocycles. The van der Waals surface area contributed by atoms with Crippen molar-refractivity contribution in [3.05, 3.63) is 35.4 Å². The number of hydrogen-bond acceptors (Lipinski definition) is 3. The Morgan fingerprint density at radius 3 is 2.50 bits per heavy atom. The van der Waals surface area contributed by atoms with E-state index in [9.17, 15) is 8.42 Å². The number of benzene rings is 1. The molecule has 1 N–H and O–H groups in total. The van der Waals surface area contributed by atoms with Crippen LogP contribution >= 0.6 is 0 Å². The number of sulfone groups is 1. The first-order valence-corrected chi connectivity index (χ1v) is 7.19. The molecule has 4 heteroatoms. The SMILES string of the molecule is CNC(C)CS(=O)(=O)Cc1ccccc1C. The minimum atomic E-state index is -3.03. The van der Waals surface area contributed by atoms with E-state index in [1.807, 2.05) is 38.1 Å². The molecule has 0 radical (unpaired) electrons. The molecule has 0 aliphatic heterocycles. The van der Waals surface area contributed by atoms with Crippen molar-refractivity contribution in [3.63, 3.8) is 0 Å². The summed E-state index contributed by atoms with van der Waals surface area (Å²) in [7, 11) is -1.26. The Bertz CT molecular complexity index is 440. The fourth-order valence-electron chi connectivity index (χ4n) is 1.53. The first-order chi connectivity index (χ1) is 7.44. The summed E-state index contributed by atoms with van der Waals surface area (Å²) in [5, 5.41) is 2.94. The van der Waals surface area contributed by atoms with E-state index in [2.05, 4.69) is 5.32 Å². The molecule has 1 aromatic carbocycles. The van der Waals surface area contributed by atoms with Gasteiger partial charge < -0.3 is 5.32 Å². The molecule has 0 spiro atoms. The van der Waals surface area contributed by atoms with E-state index in [1.54, 1.807) is 7.05 Å². The Morgan fingerprint density at radius 2 is 1.94 bits per heavy atom. The van der Waals surface area contributed by atoms with E-state index < -0.39 is 9.84 Å². The second-order valence-electron chi connectivity index (χ2n) is 4.17. The fraction of sp³-hybridized carbons (Fsp3) is 0.500. The summed E-state index contributed by atoms with van der Waals surface area (Å²) >= 11 is 0. The molecule has 0 heterocycles. The third-order valence-corrected chi connectivity index (χ3v) is 4.39. The van der Waals surface area contributed by atoms with E-state index in [4.69, 9.17) is 0 Å². The minimum absolute atomic E-state index is 0.00554. The number of nitrogens with one attached hydrogen (secondary N) is 1. The lowest BCUT2D eigenvalue weighted by Crippen LogP contribution is -2.30. The van der Waals surface area contributed by atoms with Crippen molar-refractivity contribution in [2.45, 2.75) is 25.6 Å². The van der Waals surface area contributed by atoms with Gasteiger partial charge >= 0.3 is 0 Å². The lowest BCUT2D eigenvalue weighted by Gasteiger charge is -2.11. The van der Waals surface area contributed by atoms with Crippen molar-refractivity contribution in [1.82, 2.24) is 5.32 Å². The molecule has 0 aromatic heterocycles. The monoisotopic (exact) mass is 241 g/mol. The highest BCUT2D eigenvalue weighted by atomic mass is 32.2. The Kier molecular flexibility index (Phi) is 4.50. The molecule has 1 aromatic rings. The predicted molar refractivity (Wildman–Crippen MR) is 67.2 cm³/mol. The molecule has 1 rings (SSSR count). The van der Waals surface area contributed by atoms with Gasteiger partial charge in [-0.2, -0.15) is 0 Å². The molecule has 90 valence electrons. The molecule has 0 bridgehead atoms. The number of aryl methyl sites for hydroxylation is 1. The van der Waals surface area contributed by atoms with Gasteiger partial charge in [0.15, 0.2) is 9.84 Å². The first-order valence-electron chi connectivity index (χ1n) is 5.37. The van der Waals surface area contributed by atoms with Gasteiger partial charge in [0.2, 0.25) is 0 Å². The summed E-state index contributed by atoms with van der Waals surface area (Å²) in [4.78, 5) is 0. The maximum atomic E-state index is 11.9. The van der Waals surface area contributed by atoms with Gasteiger partial charge in [0, 0.05) is 6.04 Å². The smallest absolute Gasteiger partial charge is 0.155 e. The van der Waals surface area contributed by atoms with E-state index in [-0.39, 0.29) is 17.5 Å². The Balaban J connectivity index is 2.77. The molecule has 0 aliphatic rings. The Labute approximate surface area is 97.8 Å². The molecule has 1 unspecified atom stereocenters. The van der Waals surface area contributed by atoms with E-state index >= 15 is 0 Å². The average molecular weight is 241 g/mol. The normalized spacial score (nSPS) is 13.7. The van der Waals surface area contributed by atoms with Crippen LogP contribution in [0.1, 0.15) is 18.1 Å². The molecular formula is C12H19NO2S. The van der Waals surface area contributed by atoms with Crippen LogP contribution in [0, 0.1) is 6.92 Å². The van der Waals surface area contributed by atoms with Gasteiger partial charge in [-0.1, -0.05) is 24.3 Å². The minimum Gasteiger partial charge on any atom is -0.316 e. The second kappa shape index (κ2) is 5.46. The average Bonchev–Trinajstić information content (AvgIpc) is 2.20. The molecule has 0 aliphatic carbocycles. The standard InChI is InChI=1S/C12H19NO2S/c1-10-6-4-5-7-12(10)9-16(14,15)8-11(2)13-3/h4-7,11,13H,8-9H2,1-3H3. The molecule has 1 atom stereocenters. The predicted octanol–water partition coefficient (Wildman–Crippen LogP) is 1.52. The van der Waals surface area contributed by atoms with Crippen LogP contribution in [-0.4, -0.2) is 27.3 Å². The van der Waals surface area contributed by atoms with Crippen LogP contribution in [0.3, 0.4) is 0 Å². The molecule has 0 saturated carbocycles. The summed E-state index contributed by atoms with van der Waals surface area (Å²) in [6.07, 6.45) is 0. The zero-order chi connectivity index (χ0) is 12.2. The van der Waals surface area contributed by atoms with Crippen LogP contribution in [0.25, 0.3) is 0 Å². The largest absolute Gasteiger partial charge is 0.316 e. The number of hydrogen-bond donors (Lipinski definition) is 1. The van der Waals surface area contributed by atoms with Gasteiger partial charge in [0.05, 0.1) is 11.5 Å². The summed E-state index contributed by atoms with van der Waals surface area (Å²) in [5.41, 5.74) is 1.92. The summed E-state index contributed by atoms with van der Waals surface area (Å²) in [5.74, 6) is 0.309. The number of rotatable bonds is 5. The molecule has 0 amide bonds. The molecule has 16 heavy (non-hydrogen) atoms. The Morgan fingerprint density at radius 1 is 1.31 bits per heavy atom. The van der Waals surface area contributed by atoms with Crippen molar-refractivity contribution in [1.29, 1.82) is 0 Å². The highest BCUT2D eigenvalue weighted by molar-refractivity contribution is 7.90. The van der Waals surface area contributed by atoms with Crippen LogP contribution in [0.15, 0.2) is 24.3 Å². The van der Waals surface area contributed by atoms with Crippen LogP contribution in [0.4, 0.5) is 0 Å². The van der Waals surface area contributed by atoms with Gasteiger partial charge in [-0.3, -0.25) is 0 Å². The van der Waals surface area contributed by atoms with Gasteiger partial charge in [-0.15, -0.1) is 0 Å². The highest BCUT2D eigenvalue weighted by Crippen LogP contribution is 2.12. The molecular weight excluding hydrogens is 222 g/mol. The zero-order valence-corrected chi connectivity index (χ0v) is 10.8. The van der Waals surface area contributed by atoms with Gasteiger partial charge in [0.1, 0.15) is 0 Å². The van der Waals surface area contributed by atoms with Crippen molar-refractivity contribution < 1.29 is 8.42 Å². The van der Waals surface area contributed by atoms with Crippen molar-refractivity contribution in [3.8, 4) is 0 Å². The van der Waals surface area contributed by atoms with Crippen molar-refractivity contribution in [2.75, 3.05) is 12.8 Å². The van der Waals surface area contributed by atoms with Crippen molar-refractivity contribution in [2.24, 2.45) is 0 Å². The third-order valence-electron chi connectivity index (χ3n) is 2.63. The highest BCUT2D eigenvalue weighted by Gasteiger charge is 2.16. The fourth-order valence-corrected chi connectivity index (χ4v) is 3.38. The quantitative estimate of drug-likeness (QED) is 0.850. The third kappa shape index (κ3) is 3.94. The summed E-state index contributed by atoms with van der Waals surface area (Å²) in [6.45, 7) is 3.81. The maximum absolute atomic E-state index is 11.9. The maximum Gasteiger partial charge on any atom is 0.155 e. The van der Waals surface area contributed by atoms with Crippen LogP contribution in [0.2, 0.25) is 0 Å². The topological polar surface area (TPSA) is 46.2 Å². The zero-order valence-electron chi connectivity index (χ0n) is 10.0. The first kappa shape index (κ1) is 13.2. The second-order valence-corrected chi connectivity index (χ2v) is 6.28. The van der Waals surface area contributed by atoms with Gasteiger partial charge in [-0.25, -0.2) is 8.42 Å². The van der Waals surface area contributed by atoms with E-state index in [1.165, 1.54) is 0 Å². The van der Waals surface area contributed by atoms with Crippen molar-refractivity contribution >= 4 is 9.84 Å². The molecule has 3 nitrogen and oxygen atoms in total. The lowest BCUT2D eigenvalue weighted by molar-refractivity contribution is 0.577. The lowest BCUT2D eigenvalue weighted by atomic mass is 10.1. The summed E-state index contributed by atoms with van der Waals surface area (Å²) in [6, 6.07) is 7.60. The van der Waals surface area contributed by atoms with E-state index in [0.717, 1.165) is 11.1 Å². The van der Waals surface area contributed by atoms with Crippen LogP contribution < -0.4 is 5.32 Å². The van der Waals surface area contributed by atoms with Gasteiger partial charge in [-0.05, 0) is 32.0 Å². The van der Waals surface area contributed by atoms with E-state index in [0.29, 0.717) is 0 Å².